The second-order valence-corrected chi connectivity index (χ2v) is 7.89. The number of imide groups is 1. The topological polar surface area (TPSA) is 58.6 Å². The van der Waals surface area contributed by atoms with Crippen LogP contribution >= 0.6 is 11.6 Å². The van der Waals surface area contributed by atoms with E-state index in [1.165, 1.54) is 4.90 Å². The molecule has 0 atom stereocenters. The van der Waals surface area contributed by atoms with E-state index < -0.39 is 0 Å². The third-order valence-electron chi connectivity index (χ3n) is 5.23. The van der Waals surface area contributed by atoms with E-state index in [9.17, 15) is 9.59 Å². The highest BCUT2D eigenvalue weighted by atomic mass is 35.5. The number of hydrogen-bond acceptors (Lipinski definition) is 4. The maximum Gasteiger partial charge on any atom is 0.278 e. The Balaban J connectivity index is 1.70. The van der Waals surface area contributed by atoms with Crippen molar-refractivity contribution in [3.63, 3.8) is 0 Å². The summed E-state index contributed by atoms with van der Waals surface area (Å²) in [6.07, 6.45) is 0. The molecule has 3 aromatic rings. The molecule has 1 aliphatic heterocycles. The fourth-order valence-corrected chi connectivity index (χ4v) is 3.76. The van der Waals surface area contributed by atoms with Gasteiger partial charge in [-0.3, -0.25) is 14.5 Å². The van der Waals surface area contributed by atoms with E-state index in [0.29, 0.717) is 34.0 Å². The molecule has 32 heavy (non-hydrogen) atoms. The summed E-state index contributed by atoms with van der Waals surface area (Å²) in [4.78, 5) is 28.0. The average Bonchev–Trinajstić information content (AvgIpc) is 3.01. The van der Waals surface area contributed by atoms with Crippen molar-refractivity contribution in [3.05, 3.63) is 100 Å². The molecule has 0 saturated heterocycles. The molecule has 0 bridgehead atoms. The summed E-state index contributed by atoms with van der Waals surface area (Å²) in [7, 11) is 0. The molecule has 162 valence electrons. The molecule has 4 rings (SSSR count). The molecule has 0 unspecified atom stereocenters. The van der Waals surface area contributed by atoms with Crippen LogP contribution in [0.4, 0.5) is 5.69 Å². The van der Waals surface area contributed by atoms with Crippen molar-refractivity contribution in [1.82, 2.24) is 4.90 Å². The number of nitrogens with zero attached hydrogens (tertiary/aromatic N) is 1. The van der Waals surface area contributed by atoms with Crippen LogP contribution in [0.25, 0.3) is 5.57 Å². The highest BCUT2D eigenvalue weighted by molar-refractivity contribution is 6.36. The summed E-state index contributed by atoms with van der Waals surface area (Å²) in [5.41, 5.74) is 3.74. The van der Waals surface area contributed by atoms with Gasteiger partial charge in [0.2, 0.25) is 0 Å². The Morgan fingerprint density at radius 2 is 1.59 bits per heavy atom. The van der Waals surface area contributed by atoms with Crippen LogP contribution < -0.4 is 10.1 Å². The number of halogens is 1. The predicted molar refractivity (Wildman–Crippen MR) is 126 cm³/mol. The van der Waals surface area contributed by atoms with E-state index in [1.807, 2.05) is 80.6 Å². The fourth-order valence-electron chi connectivity index (χ4n) is 3.57. The van der Waals surface area contributed by atoms with Gasteiger partial charge in [-0.1, -0.05) is 59.6 Å². The Morgan fingerprint density at radius 3 is 2.25 bits per heavy atom. The summed E-state index contributed by atoms with van der Waals surface area (Å²) in [5.74, 6) is -0.00783. The van der Waals surface area contributed by atoms with Gasteiger partial charge >= 0.3 is 0 Å². The normalized spacial score (nSPS) is 13.7. The lowest BCUT2D eigenvalue weighted by atomic mass is 10.0. The van der Waals surface area contributed by atoms with Gasteiger partial charge in [-0.2, -0.15) is 0 Å². The number of carbonyl (C=O) groups is 2. The molecule has 0 aliphatic carbocycles. The second-order valence-electron chi connectivity index (χ2n) is 7.49. The summed E-state index contributed by atoms with van der Waals surface area (Å²) < 4.78 is 5.48. The van der Waals surface area contributed by atoms with E-state index in [-0.39, 0.29) is 24.1 Å². The van der Waals surface area contributed by atoms with Crippen LogP contribution in [0.1, 0.15) is 23.6 Å². The largest absolute Gasteiger partial charge is 0.494 e. The number of nitrogens with one attached hydrogen (secondary N) is 1. The van der Waals surface area contributed by atoms with E-state index in [4.69, 9.17) is 16.3 Å². The number of aryl methyl sites for hydroxylation is 1. The predicted octanol–water partition coefficient (Wildman–Crippen LogP) is 5.44. The molecule has 1 heterocycles. The van der Waals surface area contributed by atoms with E-state index in [1.54, 1.807) is 6.07 Å². The van der Waals surface area contributed by atoms with E-state index in [0.717, 1.165) is 11.3 Å². The molecule has 2 amide bonds. The first-order valence-corrected chi connectivity index (χ1v) is 10.8. The lowest BCUT2D eigenvalue weighted by Crippen LogP contribution is -2.32. The molecule has 1 N–H and O–H groups in total. The Hall–Kier alpha value is -3.57. The molecule has 0 spiro atoms. The summed E-state index contributed by atoms with van der Waals surface area (Å²) >= 11 is 6.29. The second kappa shape index (κ2) is 9.28. The van der Waals surface area contributed by atoms with Gasteiger partial charge in [0.25, 0.3) is 11.8 Å². The molecular weight excluding hydrogens is 424 g/mol. The Kier molecular flexibility index (Phi) is 6.28. The number of rotatable bonds is 7. The van der Waals surface area contributed by atoms with Crippen LogP contribution in [0, 0.1) is 6.92 Å². The summed E-state index contributed by atoms with van der Waals surface area (Å²) in [6.45, 7) is 4.56. The van der Waals surface area contributed by atoms with Gasteiger partial charge in [-0.25, -0.2) is 0 Å². The van der Waals surface area contributed by atoms with Crippen molar-refractivity contribution < 1.29 is 14.3 Å². The van der Waals surface area contributed by atoms with Crippen LogP contribution in [0.3, 0.4) is 0 Å². The highest BCUT2D eigenvalue weighted by Crippen LogP contribution is 2.32. The maximum absolute atomic E-state index is 13.4. The SMILES string of the molecule is CCOc1ccc(NC2=C(c3ccc(C)cc3)C(=O)N(Cc3ccccc3Cl)C2=O)cc1. The highest BCUT2D eigenvalue weighted by Gasteiger charge is 2.39. The van der Waals surface area contributed by atoms with Crippen LogP contribution in [0.5, 0.6) is 5.75 Å². The standard InChI is InChI=1S/C26H23ClN2O3/c1-3-32-21-14-12-20(13-15-21)28-24-23(18-10-8-17(2)9-11-18)25(30)29(26(24)31)16-19-6-4-5-7-22(19)27/h4-15,28H,3,16H2,1-2H3. The van der Waals surface area contributed by atoms with Crippen molar-refractivity contribution in [1.29, 1.82) is 0 Å². The van der Waals surface area contributed by atoms with Crippen molar-refractivity contribution in [3.8, 4) is 5.75 Å². The zero-order valence-electron chi connectivity index (χ0n) is 17.9. The van der Waals surface area contributed by atoms with Crippen molar-refractivity contribution in [2.45, 2.75) is 20.4 Å². The van der Waals surface area contributed by atoms with Gasteiger partial charge in [-0.05, 0) is 55.3 Å². The zero-order chi connectivity index (χ0) is 22.7. The van der Waals surface area contributed by atoms with Crippen LogP contribution in [0.15, 0.2) is 78.5 Å². The van der Waals surface area contributed by atoms with Gasteiger partial charge in [0.05, 0.1) is 18.7 Å². The third kappa shape index (κ3) is 4.39. The number of benzene rings is 3. The van der Waals surface area contributed by atoms with Gasteiger partial charge < -0.3 is 10.1 Å². The van der Waals surface area contributed by atoms with Gasteiger partial charge in [0, 0.05) is 10.7 Å². The van der Waals surface area contributed by atoms with Gasteiger partial charge in [0.1, 0.15) is 11.4 Å². The van der Waals surface area contributed by atoms with E-state index >= 15 is 0 Å². The number of ether oxygens (including phenoxy) is 1. The molecule has 0 radical (unpaired) electrons. The van der Waals surface area contributed by atoms with Crippen LogP contribution in [0.2, 0.25) is 5.02 Å². The van der Waals surface area contributed by atoms with E-state index in [2.05, 4.69) is 5.32 Å². The first-order chi connectivity index (χ1) is 15.5. The lowest BCUT2D eigenvalue weighted by molar-refractivity contribution is -0.137. The molecule has 0 fully saturated rings. The lowest BCUT2D eigenvalue weighted by Gasteiger charge is -2.16. The Bertz CT molecular complexity index is 1180. The molecule has 0 aromatic heterocycles. The molecule has 6 heteroatoms. The maximum atomic E-state index is 13.4. The average molecular weight is 447 g/mol. The van der Waals surface area contributed by atoms with Crippen LogP contribution in [-0.4, -0.2) is 23.3 Å². The minimum absolute atomic E-state index is 0.0984. The number of amides is 2. The van der Waals surface area contributed by atoms with Crippen molar-refractivity contribution in [2.75, 3.05) is 11.9 Å². The summed E-state index contributed by atoms with van der Waals surface area (Å²) in [6, 6.07) is 22.0. The molecule has 0 saturated carbocycles. The number of carbonyl (C=O) groups excluding carboxylic acids is 2. The minimum Gasteiger partial charge on any atom is -0.494 e. The van der Waals surface area contributed by atoms with Crippen molar-refractivity contribution >= 4 is 34.7 Å². The smallest absolute Gasteiger partial charge is 0.278 e. The summed E-state index contributed by atoms with van der Waals surface area (Å²) in [5, 5.41) is 3.67. The third-order valence-corrected chi connectivity index (χ3v) is 5.60. The first kappa shape index (κ1) is 21.7. The molecule has 5 nitrogen and oxygen atoms in total. The minimum atomic E-state index is -0.389. The van der Waals surface area contributed by atoms with Gasteiger partial charge in [0.15, 0.2) is 0 Å². The fraction of sp³-hybridized carbons (Fsp3) is 0.154. The Morgan fingerprint density at radius 1 is 0.906 bits per heavy atom. The molecule has 3 aromatic carbocycles. The Labute approximate surface area is 192 Å². The van der Waals surface area contributed by atoms with Gasteiger partial charge in [-0.15, -0.1) is 0 Å². The molecular formula is C26H23ClN2O3. The first-order valence-electron chi connectivity index (χ1n) is 10.4. The monoisotopic (exact) mass is 446 g/mol. The number of hydrogen-bond donors (Lipinski definition) is 1. The quantitative estimate of drug-likeness (QED) is 0.491. The van der Waals surface area contributed by atoms with Crippen molar-refractivity contribution in [2.24, 2.45) is 0 Å². The number of anilines is 1. The van der Waals surface area contributed by atoms with Crippen LogP contribution in [-0.2, 0) is 16.1 Å². The zero-order valence-corrected chi connectivity index (χ0v) is 18.6. The molecule has 1 aliphatic rings.